The maximum absolute atomic E-state index is 14.1. The van der Waals surface area contributed by atoms with Gasteiger partial charge in [0.05, 0.1) is 6.54 Å². The number of carbonyl (C=O) groups excluding carboxylic acids is 2. The minimum Gasteiger partial charge on any atom is -0.319 e. The van der Waals surface area contributed by atoms with Gasteiger partial charge >= 0.3 is 6.03 Å². The number of rotatable bonds is 3. The van der Waals surface area contributed by atoms with Gasteiger partial charge in [-0.25, -0.2) is 9.18 Å². The lowest BCUT2D eigenvalue weighted by molar-refractivity contribution is -0.131. The monoisotopic (exact) mass is 372 g/mol. The molecule has 0 spiro atoms. The Balaban J connectivity index is 1.66. The van der Waals surface area contributed by atoms with Gasteiger partial charge in [0.1, 0.15) is 11.4 Å². The Labute approximate surface area is 155 Å². The number of hydrogen-bond acceptors (Lipinski definition) is 2. The van der Waals surface area contributed by atoms with Crippen molar-refractivity contribution in [2.45, 2.75) is 38.3 Å². The van der Waals surface area contributed by atoms with Gasteiger partial charge in [-0.3, -0.25) is 9.69 Å². The van der Waals surface area contributed by atoms with E-state index in [2.05, 4.69) is 5.32 Å². The summed E-state index contributed by atoms with van der Waals surface area (Å²) >= 11 is 6.05. The second-order valence-corrected chi connectivity index (χ2v) is 7.39. The highest BCUT2D eigenvalue weighted by Crippen LogP contribution is 2.34. The quantitative estimate of drug-likeness (QED) is 0.830. The normalized spacial score (nSPS) is 21.9. The highest BCUT2D eigenvalue weighted by atomic mass is 35.5. The summed E-state index contributed by atoms with van der Waals surface area (Å²) in [4.78, 5) is 26.5. The molecule has 4 rings (SSSR count). The number of urea groups is 1. The fourth-order valence-electron chi connectivity index (χ4n) is 3.76. The minimum absolute atomic E-state index is 0.135. The van der Waals surface area contributed by atoms with Crippen molar-refractivity contribution in [3.63, 3.8) is 0 Å². The van der Waals surface area contributed by atoms with E-state index >= 15 is 0 Å². The van der Waals surface area contributed by atoms with Crippen LogP contribution in [0, 0.1) is 5.82 Å². The number of imide groups is 1. The van der Waals surface area contributed by atoms with E-state index in [9.17, 15) is 14.0 Å². The molecular formula is C20H18ClFN2O2. The lowest BCUT2D eigenvalue weighted by atomic mass is 9.89. The second kappa shape index (κ2) is 6.09. The molecule has 6 heteroatoms. The maximum Gasteiger partial charge on any atom is 0.325 e. The topological polar surface area (TPSA) is 49.4 Å². The molecule has 26 heavy (non-hydrogen) atoms. The Morgan fingerprint density at radius 3 is 2.73 bits per heavy atom. The van der Waals surface area contributed by atoms with Crippen LogP contribution in [0.15, 0.2) is 36.4 Å². The summed E-state index contributed by atoms with van der Waals surface area (Å²) in [5.41, 5.74) is 2.24. The largest absolute Gasteiger partial charge is 0.325 e. The number of amides is 3. The van der Waals surface area contributed by atoms with E-state index in [1.807, 2.05) is 18.2 Å². The van der Waals surface area contributed by atoms with Gasteiger partial charge in [-0.15, -0.1) is 0 Å². The highest BCUT2D eigenvalue weighted by molar-refractivity contribution is 6.31. The number of benzene rings is 2. The molecule has 4 nitrogen and oxygen atoms in total. The molecule has 1 atom stereocenters. The van der Waals surface area contributed by atoms with Crippen molar-refractivity contribution in [1.82, 2.24) is 10.2 Å². The summed E-state index contributed by atoms with van der Waals surface area (Å²) in [6.07, 6.45) is 3.13. The highest BCUT2D eigenvalue weighted by Gasteiger charge is 2.49. The molecule has 1 saturated heterocycles. The predicted octanol–water partition coefficient (Wildman–Crippen LogP) is 3.94. The van der Waals surface area contributed by atoms with Crippen LogP contribution in [-0.2, 0) is 29.7 Å². The van der Waals surface area contributed by atoms with Gasteiger partial charge in [-0.1, -0.05) is 35.9 Å². The number of aryl methyl sites for hydroxylation is 2. The average molecular weight is 373 g/mol. The van der Waals surface area contributed by atoms with Crippen LogP contribution in [-0.4, -0.2) is 16.8 Å². The summed E-state index contributed by atoms with van der Waals surface area (Å²) < 4.78 is 14.1. The number of carbonyl (C=O) groups is 2. The molecule has 1 N–H and O–H groups in total. The van der Waals surface area contributed by atoms with Gasteiger partial charge in [-0.2, -0.15) is 0 Å². The minimum atomic E-state index is -1.16. The molecule has 134 valence electrons. The van der Waals surface area contributed by atoms with Crippen LogP contribution in [0.25, 0.3) is 0 Å². The molecule has 1 unspecified atom stereocenters. The number of hydrogen-bond donors (Lipinski definition) is 1. The molecular weight excluding hydrogens is 355 g/mol. The summed E-state index contributed by atoms with van der Waals surface area (Å²) in [6, 6.07) is 9.66. The first kappa shape index (κ1) is 17.0. The van der Waals surface area contributed by atoms with Crippen LogP contribution < -0.4 is 5.32 Å². The van der Waals surface area contributed by atoms with Crippen LogP contribution in [0.4, 0.5) is 9.18 Å². The lowest BCUT2D eigenvalue weighted by Gasteiger charge is -2.23. The summed E-state index contributed by atoms with van der Waals surface area (Å²) in [5, 5.41) is 2.96. The summed E-state index contributed by atoms with van der Waals surface area (Å²) in [5.74, 6) is -0.941. The van der Waals surface area contributed by atoms with Crippen molar-refractivity contribution >= 4 is 23.5 Å². The van der Waals surface area contributed by atoms with Crippen LogP contribution in [0.1, 0.15) is 35.6 Å². The molecule has 1 aliphatic carbocycles. The van der Waals surface area contributed by atoms with Crippen LogP contribution >= 0.6 is 11.6 Å². The number of nitrogens with one attached hydrogen (secondary N) is 1. The van der Waals surface area contributed by atoms with Gasteiger partial charge in [0, 0.05) is 10.6 Å². The van der Waals surface area contributed by atoms with Gasteiger partial charge in [0.25, 0.3) is 5.91 Å². The zero-order chi connectivity index (χ0) is 18.5. The van der Waals surface area contributed by atoms with Gasteiger partial charge in [-0.05, 0) is 55.0 Å². The first-order chi connectivity index (χ1) is 12.4. The van der Waals surface area contributed by atoms with Gasteiger partial charge in [0.15, 0.2) is 0 Å². The molecule has 0 radical (unpaired) electrons. The molecule has 1 heterocycles. The third-order valence-corrected chi connectivity index (χ3v) is 5.68. The smallest absolute Gasteiger partial charge is 0.319 e. The van der Waals surface area contributed by atoms with Crippen molar-refractivity contribution in [1.29, 1.82) is 0 Å². The molecule has 0 aromatic heterocycles. The predicted molar refractivity (Wildman–Crippen MR) is 96.3 cm³/mol. The molecule has 2 aromatic carbocycles. The molecule has 1 aliphatic heterocycles. The van der Waals surface area contributed by atoms with Crippen molar-refractivity contribution in [3.8, 4) is 0 Å². The Morgan fingerprint density at radius 2 is 1.96 bits per heavy atom. The van der Waals surface area contributed by atoms with Crippen molar-refractivity contribution in [2.75, 3.05) is 0 Å². The third kappa shape index (κ3) is 2.58. The molecule has 2 aliphatic rings. The zero-order valence-corrected chi connectivity index (χ0v) is 15.1. The second-order valence-electron chi connectivity index (χ2n) is 6.98. The standard InChI is InChI=1S/C20H18ClFN2O2/c1-20(14-9-8-12-4-2-5-13(12)10-14)18(25)24(19(26)23-20)11-15-16(21)6-3-7-17(15)22/h3,6-10H,2,4-5,11H2,1H3,(H,23,26). The third-order valence-electron chi connectivity index (χ3n) is 5.33. The van der Waals surface area contributed by atoms with E-state index in [0.717, 1.165) is 29.7 Å². The number of fused-ring (bicyclic) bond motifs is 1. The lowest BCUT2D eigenvalue weighted by Crippen LogP contribution is -2.41. The fraction of sp³-hybridized carbons (Fsp3) is 0.300. The number of halogens is 2. The SMILES string of the molecule is CC1(c2ccc3c(c2)CCC3)NC(=O)N(Cc2c(F)cccc2Cl)C1=O. The molecule has 3 amide bonds. The first-order valence-electron chi connectivity index (χ1n) is 8.59. The summed E-state index contributed by atoms with van der Waals surface area (Å²) in [6.45, 7) is 1.49. The van der Waals surface area contributed by atoms with E-state index in [1.165, 1.54) is 29.3 Å². The van der Waals surface area contributed by atoms with E-state index in [4.69, 9.17) is 11.6 Å². The molecule has 2 aromatic rings. The Bertz CT molecular complexity index is 910. The Kier molecular flexibility index (Phi) is 3.99. The maximum atomic E-state index is 14.1. The van der Waals surface area contributed by atoms with Crippen LogP contribution in [0.5, 0.6) is 0 Å². The van der Waals surface area contributed by atoms with Gasteiger partial charge in [0.2, 0.25) is 0 Å². The van der Waals surface area contributed by atoms with E-state index in [-0.39, 0.29) is 17.1 Å². The van der Waals surface area contributed by atoms with Gasteiger partial charge < -0.3 is 5.32 Å². The van der Waals surface area contributed by atoms with Crippen molar-refractivity contribution in [3.05, 3.63) is 69.5 Å². The number of nitrogens with zero attached hydrogens (tertiary/aromatic N) is 1. The van der Waals surface area contributed by atoms with Crippen LogP contribution in [0.2, 0.25) is 5.02 Å². The van der Waals surface area contributed by atoms with Crippen LogP contribution in [0.3, 0.4) is 0 Å². The van der Waals surface area contributed by atoms with Crippen molar-refractivity contribution in [2.24, 2.45) is 0 Å². The Morgan fingerprint density at radius 1 is 1.19 bits per heavy atom. The Hall–Kier alpha value is -2.40. The average Bonchev–Trinajstić information content (AvgIpc) is 3.15. The first-order valence-corrected chi connectivity index (χ1v) is 8.97. The fourth-order valence-corrected chi connectivity index (χ4v) is 3.98. The zero-order valence-electron chi connectivity index (χ0n) is 14.3. The van der Waals surface area contributed by atoms with E-state index in [1.54, 1.807) is 6.92 Å². The molecule has 1 fully saturated rings. The molecule has 0 saturated carbocycles. The molecule has 0 bridgehead atoms. The summed E-state index contributed by atoms with van der Waals surface area (Å²) in [7, 11) is 0. The van der Waals surface area contributed by atoms with E-state index in [0.29, 0.717) is 0 Å². The van der Waals surface area contributed by atoms with E-state index < -0.39 is 23.3 Å². The van der Waals surface area contributed by atoms with Crippen molar-refractivity contribution < 1.29 is 14.0 Å².